The SMILES string of the molecule is Oc1cccc2c1CC[C@H]2NCc1ccc(OC(F)F)c(F)c1. The molecule has 2 aromatic rings. The highest BCUT2D eigenvalue weighted by Gasteiger charge is 2.24. The topological polar surface area (TPSA) is 41.5 Å². The molecular weight excluding hydrogens is 307 g/mol. The van der Waals surface area contributed by atoms with Crippen LogP contribution in [0.3, 0.4) is 0 Å². The number of benzene rings is 2. The van der Waals surface area contributed by atoms with Gasteiger partial charge in [0.15, 0.2) is 11.6 Å². The zero-order valence-electron chi connectivity index (χ0n) is 12.2. The molecule has 0 amide bonds. The fourth-order valence-electron chi connectivity index (χ4n) is 2.93. The van der Waals surface area contributed by atoms with Crippen molar-refractivity contribution in [1.29, 1.82) is 0 Å². The van der Waals surface area contributed by atoms with E-state index in [1.54, 1.807) is 18.2 Å². The first kappa shape index (κ1) is 15.7. The molecule has 6 heteroatoms. The van der Waals surface area contributed by atoms with Crippen molar-refractivity contribution in [3.8, 4) is 11.5 Å². The first-order valence-electron chi connectivity index (χ1n) is 7.32. The molecule has 0 heterocycles. The summed E-state index contributed by atoms with van der Waals surface area (Å²) in [5.74, 6) is -0.972. The molecule has 3 nitrogen and oxygen atoms in total. The fraction of sp³-hybridized carbons (Fsp3) is 0.294. The molecular formula is C17H16F3NO2. The molecule has 3 rings (SSSR count). The molecule has 0 saturated carbocycles. The van der Waals surface area contributed by atoms with Gasteiger partial charge in [0.1, 0.15) is 5.75 Å². The number of aromatic hydroxyl groups is 1. The number of phenols is 1. The lowest BCUT2D eigenvalue weighted by Gasteiger charge is -2.15. The normalized spacial score (nSPS) is 16.6. The van der Waals surface area contributed by atoms with Crippen LogP contribution in [0.5, 0.6) is 11.5 Å². The van der Waals surface area contributed by atoms with E-state index in [9.17, 15) is 18.3 Å². The molecule has 2 N–H and O–H groups in total. The minimum absolute atomic E-state index is 0.0807. The maximum absolute atomic E-state index is 13.7. The van der Waals surface area contributed by atoms with Gasteiger partial charge in [-0.3, -0.25) is 0 Å². The van der Waals surface area contributed by atoms with Gasteiger partial charge < -0.3 is 15.2 Å². The number of hydrogen-bond donors (Lipinski definition) is 2. The first-order valence-corrected chi connectivity index (χ1v) is 7.32. The van der Waals surface area contributed by atoms with E-state index < -0.39 is 18.2 Å². The Balaban J connectivity index is 1.66. The molecule has 0 spiro atoms. The van der Waals surface area contributed by atoms with Gasteiger partial charge in [0, 0.05) is 12.6 Å². The van der Waals surface area contributed by atoms with Gasteiger partial charge in [-0.15, -0.1) is 0 Å². The molecule has 0 unspecified atom stereocenters. The molecule has 2 aromatic carbocycles. The minimum Gasteiger partial charge on any atom is -0.508 e. The van der Waals surface area contributed by atoms with Crippen LogP contribution in [0, 0.1) is 5.82 Å². The van der Waals surface area contributed by atoms with Crippen molar-refractivity contribution in [2.45, 2.75) is 32.0 Å². The standard InChI is InChI=1S/C17H16F3NO2/c18-13-8-10(4-7-16(13)23-17(19)20)9-21-14-6-5-12-11(14)2-1-3-15(12)22/h1-4,7-8,14,17,21-22H,5-6,9H2/t14-/m1/s1. The van der Waals surface area contributed by atoms with E-state index in [1.165, 1.54) is 12.1 Å². The van der Waals surface area contributed by atoms with Gasteiger partial charge in [-0.25, -0.2) is 4.39 Å². The number of fused-ring (bicyclic) bond motifs is 1. The second kappa shape index (κ2) is 6.50. The van der Waals surface area contributed by atoms with Crippen LogP contribution >= 0.6 is 0 Å². The number of hydrogen-bond acceptors (Lipinski definition) is 3. The minimum atomic E-state index is -3.05. The number of phenolic OH excluding ortho intramolecular Hbond substituents is 1. The lowest BCUT2D eigenvalue weighted by Crippen LogP contribution is -2.18. The zero-order chi connectivity index (χ0) is 16.4. The lowest BCUT2D eigenvalue weighted by atomic mass is 10.1. The number of nitrogens with one attached hydrogen (secondary N) is 1. The van der Waals surface area contributed by atoms with Crippen molar-refractivity contribution in [3.05, 3.63) is 58.9 Å². The van der Waals surface area contributed by atoms with Gasteiger partial charge in [0.05, 0.1) is 0 Å². The van der Waals surface area contributed by atoms with Gasteiger partial charge in [-0.05, 0) is 47.7 Å². The Labute approximate surface area is 131 Å². The number of rotatable bonds is 5. The Hall–Kier alpha value is -2.21. The smallest absolute Gasteiger partial charge is 0.387 e. The fourth-order valence-corrected chi connectivity index (χ4v) is 2.93. The summed E-state index contributed by atoms with van der Waals surface area (Å²) in [5.41, 5.74) is 2.62. The van der Waals surface area contributed by atoms with Crippen LogP contribution in [0.4, 0.5) is 13.2 Å². The molecule has 0 radical (unpaired) electrons. The quantitative estimate of drug-likeness (QED) is 0.876. The summed E-state index contributed by atoms with van der Waals surface area (Å²) in [4.78, 5) is 0. The molecule has 1 atom stereocenters. The van der Waals surface area contributed by atoms with Crippen LogP contribution in [-0.2, 0) is 13.0 Å². The summed E-state index contributed by atoms with van der Waals surface area (Å²) in [7, 11) is 0. The van der Waals surface area contributed by atoms with E-state index in [0.717, 1.165) is 24.0 Å². The third-order valence-electron chi connectivity index (χ3n) is 4.01. The first-order chi connectivity index (χ1) is 11.0. The van der Waals surface area contributed by atoms with Crippen LogP contribution in [0.1, 0.15) is 29.2 Å². The van der Waals surface area contributed by atoms with Gasteiger partial charge in [0.2, 0.25) is 0 Å². The average Bonchev–Trinajstić information content (AvgIpc) is 2.92. The Morgan fingerprint density at radius 3 is 2.83 bits per heavy atom. The molecule has 0 aromatic heterocycles. The summed E-state index contributed by atoms with van der Waals surface area (Å²) >= 11 is 0. The van der Waals surface area contributed by atoms with Gasteiger partial charge in [0.25, 0.3) is 0 Å². The van der Waals surface area contributed by atoms with Crippen LogP contribution in [0.25, 0.3) is 0 Å². The van der Waals surface area contributed by atoms with Crippen LogP contribution in [0.15, 0.2) is 36.4 Å². The van der Waals surface area contributed by atoms with Crippen molar-refractivity contribution in [1.82, 2.24) is 5.32 Å². The van der Waals surface area contributed by atoms with Crippen LogP contribution in [-0.4, -0.2) is 11.7 Å². The van der Waals surface area contributed by atoms with Gasteiger partial charge >= 0.3 is 6.61 Å². The molecule has 0 aliphatic heterocycles. The monoisotopic (exact) mass is 323 g/mol. The number of halogens is 3. The van der Waals surface area contributed by atoms with Crippen LogP contribution in [0.2, 0.25) is 0 Å². The van der Waals surface area contributed by atoms with E-state index in [2.05, 4.69) is 10.1 Å². The molecule has 0 bridgehead atoms. The highest BCUT2D eigenvalue weighted by molar-refractivity contribution is 5.44. The van der Waals surface area contributed by atoms with E-state index in [4.69, 9.17) is 0 Å². The highest BCUT2D eigenvalue weighted by Crippen LogP contribution is 2.36. The molecule has 122 valence electrons. The van der Waals surface area contributed by atoms with E-state index in [1.807, 2.05) is 6.07 Å². The molecule has 0 fully saturated rings. The maximum atomic E-state index is 13.7. The molecule has 1 aliphatic rings. The van der Waals surface area contributed by atoms with E-state index in [0.29, 0.717) is 17.9 Å². The summed E-state index contributed by atoms with van der Waals surface area (Å²) < 4.78 is 42.0. The van der Waals surface area contributed by atoms with Crippen molar-refractivity contribution in [2.24, 2.45) is 0 Å². The zero-order valence-corrected chi connectivity index (χ0v) is 12.2. The second-order valence-electron chi connectivity index (χ2n) is 5.46. The van der Waals surface area contributed by atoms with Crippen molar-refractivity contribution in [2.75, 3.05) is 0 Å². The third kappa shape index (κ3) is 3.42. The van der Waals surface area contributed by atoms with Crippen molar-refractivity contribution >= 4 is 0 Å². The summed E-state index contributed by atoms with van der Waals surface area (Å²) in [6.45, 7) is -2.65. The summed E-state index contributed by atoms with van der Waals surface area (Å²) in [6.07, 6.45) is 1.64. The Morgan fingerprint density at radius 1 is 1.26 bits per heavy atom. The molecule has 1 aliphatic carbocycles. The van der Waals surface area contributed by atoms with Crippen LogP contribution < -0.4 is 10.1 Å². The summed E-state index contributed by atoms with van der Waals surface area (Å²) in [5, 5.41) is 13.1. The average molecular weight is 323 g/mol. The highest BCUT2D eigenvalue weighted by atomic mass is 19.3. The van der Waals surface area contributed by atoms with Gasteiger partial charge in [-0.1, -0.05) is 18.2 Å². The molecule has 0 saturated heterocycles. The Kier molecular flexibility index (Phi) is 4.43. The third-order valence-corrected chi connectivity index (χ3v) is 4.01. The molecule has 23 heavy (non-hydrogen) atoms. The van der Waals surface area contributed by atoms with E-state index >= 15 is 0 Å². The lowest BCUT2D eigenvalue weighted by molar-refractivity contribution is -0.0522. The maximum Gasteiger partial charge on any atom is 0.387 e. The Bertz CT molecular complexity index is 706. The predicted octanol–water partition coefficient (Wildman–Crippen LogP) is 3.91. The number of alkyl halides is 2. The largest absolute Gasteiger partial charge is 0.508 e. The second-order valence-corrected chi connectivity index (χ2v) is 5.46. The van der Waals surface area contributed by atoms with Crippen molar-refractivity contribution in [3.63, 3.8) is 0 Å². The number of ether oxygens (including phenoxy) is 1. The Morgan fingerprint density at radius 2 is 2.09 bits per heavy atom. The predicted molar refractivity (Wildman–Crippen MR) is 79.0 cm³/mol. The summed E-state index contributed by atoms with van der Waals surface area (Å²) in [6, 6.07) is 9.43. The van der Waals surface area contributed by atoms with E-state index in [-0.39, 0.29) is 6.04 Å². The van der Waals surface area contributed by atoms with Crippen molar-refractivity contribution < 1.29 is 23.0 Å². The van der Waals surface area contributed by atoms with Gasteiger partial charge in [-0.2, -0.15) is 8.78 Å².